The van der Waals surface area contributed by atoms with Crippen LogP contribution in [0, 0.1) is 5.41 Å². The second-order valence-electron chi connectivity index (χ2n) is 5.54. The second kappa shape index (κ2) is 4.74. The van der Waals surface area contributed by atoms with Crippen LogP contribution in [0.1, 0.15) is 58.3 Å². The van der Waals surface area contributed by atoms with Gasteiger partial charge in [-0.25, -0.2) is 0 Å². The van der Waals surface area contributed by atoms with Gasteiger partial charge in [0.25, 0.3) is 0 Å². The molecule has 0 aromatic carbocycles. The van der Waals surface area contributed by atoms with Gasteiger partial charge in [-0.05, 0) is 56.8 Å². The molecule has 2 rings (SSSR count). The molecule has 0 amide bonds. The molecule has 0 radical (unpaired) electrons. The van der Waals surface area contributed by atoms with Crippen LogP contribution in [-0.2, 0) is 9.53 Å². The van der Waals surface area contributed by atoms with Crippen molar-refractivity contribution in [2.45, 2.75) is 70.5 Å². The molecule has 0 atom stereocenters. The van der Waals surface area contributed by atoms with E-state index < -0.39 is 0 Å². The number of carbonyl (C=O) groups excluding carboxylic acids is 1. The molecule has 0 bridgehead atoms. The first-order chi connectivity index (χ1) is 7.60. The van der Waals surface area contributed by atoms with Crippen molar-refractivity contribution in [3.8, 4) is 0 Å². The first-order valence-corrected chi connectivity index (χ1v) is 6.45. The number of esters is 1. The molecule has 0 aromatic heterocycles. The van der Waals surface area contributed by atoms with Crippen LogP contribution in [0.5, 0.6) is 0 Å². The lowest BCUT2D eigenvalue weighted by Gasteiger charge is -2.43. The summed E-state index contributed by atoms with van der Waals surface area (Å²) in [4.78, 5) is 10.9. The smallest absolute Gasteiger partial charge is 0.302 e. The summed E-state index contributed by atoms with van der Waals surface area (Å²) in [5.41, 5.74) is 0.454. The van der Waals surface area contributed by atoms with Gasteiger partial charge in [0.1, 0.15) is 6.10 Å². The first-order valence-electron chi connectivity index (χ1n) is 6.45. The Hall–Kier alpha value is -0.570. The lowest BCUT2D eigenvalue weighted by molar-refractivity contribution is -0.149. The van der Waals surface area contributed by atoms with E-state index in [-0.39, 0.29) is 18.2 Å². The Kier molecular flexibility index (Phi) is 3.53. The van der Waals surface area contributed by atoms with Gasteiger partial charge in [-0.2, -0.15) is 0 Å². The number of ether oxygens (including phenoxy) is 1. The van der Waals surface area contributed by atoms with Gasteiger partial charge in [0.2, 0.25) is 0 Å². The van der Waals surface area contributed by atoms with E-state index in [1.165, 1.54) is 6.92 Å². The predicted molar refractivity (Wildman–Crippen MR) is 60.9 cm³/mol. The first kappa shape index (κ1) is 11.9. The summed E-state index contributed by atoms with van der Waals surface area (Å²) < 4.78 is 5.26. The Bertz CT molecular complexity index is 244. The standard InChI is InChI=1S/C13H22O3/c1-10(14)16-12-4-8-13(9-5-12)6-2-11(15)3-7-13/h11-12,15H,2-9H2,1H3. The number of rotatable bonds is 1. The second-order valence-corrected chi connectivity index (χ2v) is 5.54. The largest absolute Gasteiger partial charge is 0.463 e. The third-order valence-electron chi connectivity index (χ3n) is 4.34. The summed E-state index contributed by atoms with van der Waals surface area (Å²) in [6.07, 6.45) is 8.64. The molecule has 0 heterocycles. The molecule has 16 heavy (non-hydrogen) atoms. The minimum Gasteiger partial charge on any atom is -0.463 e. The number of hydrogen-bond acceptors (Lipinski definition) is 3. The summed E-state index contributed by atoms with van der Waals surface area (Å²) in [6.45, 7) is 1.49. The van der Waals surface area contributed by atoms with E-state index in [4.69, 9.17) is 4.74 Å². The number of carbonyl (C=O) groups is 1. The molecule has 2 aliphatic rings. The summed E-state index contributed by atoms with van der Waals surface area (Å²) in [5, 5.41) is 9.52. The molecule has 0 aromatic rings. The Balaban J connectivity index is 1.82. The molecule has 0 unspecified atom stereocenters. The normalized spacial score (nSPS) is 39.6. The molecule has 3 heteroatoms. The molecule has 2 fully saturated rings. The van der Waals surface area contributed by atoms with Gasteiger partial charge < -0.3 is 9.84 Å². The van der Waals surface area contributed by atoms with Gasteiger partial charge in [0, 0.05) is 6.92 Å². The van der Waals surface area contributed by atoms with Crippen molar-refractivity contribution in [3.63, 3.8) is 0 Å². The number of aliphatic hydroxyl groups is 1. The monoisotopic (exact) mass is 226 g/mol. The molecule has 3 nitrogen and oxygen atoms in total. The van der Waals surface area contributed by atoms with Gasteiger partial charge in [-0.15, -0.1) is 0 Å². The number of aliphatic hydroxyl groups excluding tert-OH is 1. The van der Waals surface area contributed by atoms with E-state index in [1.807, 2.05) is 0 Å². The highest BCUT2D eigenvalue weighted by Gasteiger charge is 2.38. The molecule has 0 aliphatic heterocycles. The molecule has 92 valence electrons. The van der Waals surface area contributed by atoms with Crippen LogP contribution in [0.4, 0.5) is 0 Å². The van der Waals surface area contributed by atoms with Crippen LogP contribution < -0.4 is 0 Å². The maximum Gasteiger partial charge on any atom is 0.302 e. The quantitative estimate of drug-likeness (QED) is 0.698. The minimum atomic E-state index is -0.153. The maximum atomic E-state index is 10.9. The lowest BCUT2D eigenvalue weighted by Crippen LogP contribution is -2.36. The van der Waals surface area contributed by atoms with Gasteiger partial charge >= 0.3 is 5.97 Å². The van der Waals surface area contributed by atoms with Crippen LogP contribution in [-0.4, -0.2) is 23.3 Å². The van der Waals surface area contributed by atoms with E-state index in [0.717, 1.165) is 51.4 Å². The third-order valence-corrected chi connectivity index (χ3v) is 4.34. The highest BCUT2D eigenvalue weighted by Crippen LogP contribution is 2.47. The van der Waals surface area contributed by atoms with E-state index in [2.05, 4.69) is 0 Å². The average molecular weight is 226 g/mol. The zero-order chi connectivity index (χ0) is 11.6. The zero-order valence-electron chi connectivity index (χ0n) is 10.1. The van der Waals surface area contributed by atoms with E-state index in [0.29, 0.717) is 5.41 Å². The highest BCUT2D eigenvalue weighted by molar-refractivity contribution is 5.66. The minimum absolute atomic E-state index is 0.0724. The fraction of sp³-hybridized carbons (Fsp3) is 0.923. The van der Waals surface area contributed by atoms with Crippen LogP contribution in [0.25, 0.3) is 0 Å². The summed E-state index contributed by atoms with van der Waals surface area (Å²) in [5.74, 6) is -0.153. The van der Waals surface area contributed by atoms with Crippen molar-refractivity contribution in [3.05, 3.63) is 0 Å². The fourth-order valence-electron chi connectivity index (χ4n) is 3.27. The Morgan fingerprint density at radius 2 is 1.62 bits per heavy atom. The fourth-order valence-corrected chi connectivity index (χ4v) is 3.27. The molecule has 1 spiro atoms. The van der Waals surface area contributed by atoms with Crippen LogP contribution in [0.15, 0.2) is 0 Å². The topological polar surface area (TPSA) is 46.5 Å². The van der Waals surface area contributed by atoms with Crippen molar-refractivity contribution in [1.29, 1.82) is 0 Å². The zero-order valence-corrected chi connectivity index (χ0v) is 10.1. The van der Waals surface area contributed by atoms with Gasteiger partial charge in [-0.1, -0.05) is 0 Å². The lowest BCUT2D eigenvalue weighted by atomic mass is 9.64. The molecular weight excluding hydrogens is 204 g/mol. The van der Waals surface area contributed by atoms with Crippen molar-refractivity contribution < 1.29 is 14.6 Å². The van der Waals surface area contributed by atoms with Crippen molar-refractivity contribution in [1.82, 2.24) is 0 Å². The van der Waals surface area contributed by atoms with Crippen LogP contribution in [0.3, 0.4) is 0 Å². The summed E-state index contributed by atoms with van der Waals surface area (Å²) in [6, 6.07) is 0. The SMILES string of the molecule is CC(=O)OC1CCC2(CCC(O)CC2)CC1. The summed E-state index contributed by atoms with van der Waals surface area (Å²) >= 11 is 0. The van der Waals surface area contributed by atoms with Crippen molar-refractivity contribution >= 4 is 5.97 Å². The summed E-state index contributed by atoms with van der Waals surface area (Å²) in [7, 11) is 0. The van der Waals surface area contributed by atoms with E-state index in [1.54, 1.807) is 0 Å². The maximum absolute atomic E-state index is 10.9. The predicted octanol–water partition coefficient (Wildman–Crippen LogP) is 2.41. The van der Waals surface area contributed by atoms with Crippen molar-refractivity contribution in [2.75, 3.05) is 0 Å². The molecule has 0 saturated heterocycles. The van der Waals surface area contributed by atoms with Gasteiger partial charge in [0.15, 0.2) is 0 Å². The Labute approximate surface area is 97.2 Å². The van der Waals surface area contributed by atoms with Gasteiger partial charge in [0.05, 0.1) is 6.10 Å². The third kappa shape index (κ3) is 2.76. The number of hydrogen-bond donors (Lipinski definition) is 1. The molecule has 1 N–H and O–H groups in total. The van der Waals surface area contributed by atoms with E-state index in [9.17, 15) is 9.90 Å². The highest BCUT2D eigenvalue weighted by atomic mass is 16.5. The van der Waals surface area contributed by atoms with Crippen LogP contribution in [0.2, 0.25) is 0 Å². The average Bonchev–Trinajstić information content (AvgIpc) is 2.26. The van der Waals surface area contributed by atoms with Crippen LogP contribution >= 0.6 is 0 Å². The van der Waals surface area contributed by atoms with Crippen molar-refractivity contribution in [2.24, 2.45) is 5.41 Å². The Morgan fingerprint density at radius 3 is 2.12 bits per heavy atom. The molecule has 2 saturated carbocycles. The molecule has 2 aliphatic carbocycles. The van der Waals surface area contributed by atoms with E-state index >= 15 is 0 Å². The molecular formula is C13H22O3. The Morgan fingerprint density at radius 1 is 1.12 bits per heavy atom. The van der Waals surface area contributed by atoms with Gasteiger partial charge in [-0.3, -0.25) is 4.79 Å².